The van der Waals surface area contributed by atoms with Crippen molar-refractivity contribution in [1.82, 2.24) is 10.3 Å². The van der Waals surface area contributed by atoms with E-state index in [1.54, 1.807) is 24.5 Å². The molecule has 0 aliphatic carbocycles. The average molecular weight is 317 g/mol. The van der Waals surface area contributed by atoms with E-state index >= 15 is 0 Å². The molecule has 2 aromatic rings. The summed E-state index contributed by atoms with van der Waals surface area (Å²) < 4.78 is 0. The third kappa shape index (κ3) is 4.56. The maximum absolute atomic E-state index is 11.9. The van der Waals surface area contributed by atoms with E-state index in [1.165, 1.54) is 23.9 Å². The van der Waals surface area contributed by atoms with E-state index in [-0.39, 0.29) is 23.4 Å². The minimum absolute atomic E-state index is 0.0418. The van der Waals surface area contributed by atoms with E-state index < -0.39 is 4.92 Å². The Morgan fingerprint density at radius 3 is 2.50 bits per heavy atom. The van der Waals surface area contributed by atoms with E-state index in [0.717, 1.165) is 10.5 Å². The third-order valence-electron chi connectivity index (χ3n) is 3.00. The smallest absolute Gasteiger partial charge is 0.269 e. The molecule has 0 saturated heterocycles. The lowest BCUT2D eigenvalue weighted by Crippen LogP contribution is -2.28. The summed E-state index contributed by atoms with van der Waals surface area (Å²) in [5.74, 6) is 0.167. The molecule has 0 spiro atoms. The number of pyridine rings is 1. The van der Waals surface area contributed by atoms with Crippen molar-refractivity contribution in [3.05, 3.63) is 64.5 Å². The zero-order valence-corrected chi connectivity index (χ0v) is 12.7. The number of hydrogen-bond acceptors (Lipinski definition) is 5. The van der Waals surface area contributed by atoms with Crippen LogP contribution in [0, 0.1) is 10.1 Å². The predicted octanol–water partition coefficient (Wildman–Crippen LogP) is 2.96. The highest BCUT2D eigenvalue weighted by atomic mass is 32.2. The number of nitrogens with one attached hydrogen (secondary N) is 1. The highest BCUT2D eigenvalue weighted by Crippen LogP contribution is 2.21. The summed E-state index contributed by atoms with van der Waals surface area (Å²) >= 11 is 1.34. The van der Waals surface area contributed by atoms with Crippen LogP contribution >= 0.6 is 11.8 Å². The van der Waals surface area contributed by atoms with Gasteiger partial charge in [-0.15, -0.1) is 11.8 Å². The second-order valence-corrected chi connectivity index (χ2v) is 5.66. The lowest BCUT2D eigenvalue weighted by atomic mass is 10.1. The second-order valence-electron chi connectivity index (χ2n) is 4.61. The highest BCUT2D eigenvalue weighted by Gasteiger charge is 2.10. The standard InChI is InChI=1S/C15H15N3O3S/c1-11(12-6-8-16-9-7-12)17-15(19)10-22-14-4-2-13(3-5-14)18(20)21/h2-9,11H,10H2,1H3,(H,17,19). The van der Waals surface area contributed by atoms with Crippen molar-refractivity contribution in [2.45, 2.75) is 17.9 Å². The summed E-state index contributed by atoms with van der Waals surface area (Å²) in [5.41, 5.74) is 1.03. The summed E-state index contributed by atoms with van der Waals surface area (Å²) in [4.78, 5) is 26.8. The van der Waals surface area contributed by atoms with Gasteiger partial charge in [-0.05, 0) is 36.8 Å². The van der Waals surface area contributed by atoms with Crippen molar-refractivity contribution in [2.24, 2.45) is 0 Å². The fourth-order valence-electron chi connectivity index (χ4n) is 1.83. The van der Waals surface area contributed by atoms with Crippen molar-refractivity contribution in [3.8, 4) is 0 Å². The summed E-state index contributed by atoms with van der Waals surface area (Å²) in [7, 11) is 0. The summed E-state index contributed by atoms with van der Waals surface area (Å²) in [5, 5.41) is 13.5. The van der Waals surface area contributed by atoms with Crippen LogP contribution < -0.4 is 5.32 Å². The molecule has 0 bridgehead atoms. The zero-order valence-electron chi connectivity index (χ0n) is 11.9. The van der Waals surface area contributed by atoms with Crippen LogP contribution in [0.5, 0.6) is 0 Å². The Balaban J connectivity index is 1.83. The maximum Gasteiger partial charge on any atom is 0.269 e. The molecular formula is C15H15N3O3S. The number of amides is 1. The number of thioether (sulfide) groups is 1. The average Bonchev–Trinajstić information content (AvgIpc) is 2.54. The van der Waals surface area contributed by atoms with E-state index in [9.17, 15) is 14.9 Å². The quantitative estimate of drug-likeness (QED) is 0.503. The molecule has 6 nitrogen and oxygen atoms in total. The van der Waals surface area contributed by atoms with Crippen LogP contribution in [0.3, 0.4) is 0 Å². The third-order valence-corrected chi connectivity index (χ3v) is 4.01. The van der Waals surface area contributed by atoms with Crippen molar-refractivity contribution in [1.29, 1.82) is 0 Å². The zero-order chi connectivity index (χ0) is 15.9. The molecule has 22 heavy (non-hydrogen) atoms. The van der Waals surface area contributed by atoms with Crippen LogP contribution in [0.1, 0.15) is 18.5 Å². The van der Waals surface area contributed by atoms with E-state index in [2.05, 4.69) is 10.3 Å². The normalized spacial score (nSPS) is 11.7. The molecule has 1 atom stereocenters. The first kappa shape index (κ1) is 16.0. The fourth-order valence-corrected chi connectivity index (χ4v) is 2.54. The van der Waals surface area contributed by atoms with Crippen LogP contribution in [-0.4, -0.2) is 21.6 Å². The number of nitro groups is 1. The molecule has 1 N–H and O–H groups in total. The van der Waals surface area contributed by atoms with Gasteiger partial charge in [0.25, 0.3) is 5.69 Å². The molecule has 1 heterocycles. The van der Waals surface area contributed by atoms with Crippen LogP contribution in [-0.2, 0) is 4.79 Å². The van der Waals surface area contributed by atoms with Gasteiger partial charge in [0, 0.05) is 29.4 Å². The van der Waals surface area contributed by atoms with Crippen molar-refractivity contribution >= 4 is 23.4 Å². The molecule has 0 radical (unpaired) electrons. The number of nitro benzene ring substituents is 1. The molecular weight excluding hydrogens is 302 g/mol. The number of rotatable bonds is 6. The fraction of sp³-hybridized carbons (Fsp3) is 0.200. The molecule has 2 rings (SSSR count). The predicted molar refractivity (Wildman–Crippen MR) is 84.6 cm³/mol. The van der Waals surface area contributed by atoms with Gasteiger partial charge in [-0.25, -0.2) is 0 Å². The Morgan fingerprint density at radius 2 is 1.91 bits per heavy atom. The van der Waals surface area contributed by atoms with Gasteiger partial charge in [-0.3, -0.25) is 19.9 Å². The number of aromatic nitrogens is 1. The lowest BCUT2D eigenvalue weighted by molar-refractivity contribution is -0.384. The molecule has 0 saturated carbocycles. The van der Waals surface area contributed by atoms with Gasteiger partial charge in [0.05, 0.1) is 16.7 Å². The minimum atomic E-state index is -0.447. The van der Waals surface area contributed by atoms with Crippen LogP contribution in [0.2, 0.25) is 0 Å². The minimum Gasteiger partial charge on any atom is -0.349 e. The number of hydrogen-bond donors (Lipinski definition) is 1. The Morgan fingerprint density at radius 1 is 1.27 bits per heavy atom. The molecule has 1 unspecified atom stereocenters. The van der Waals surface area contributed by atoms with Gasteiger partial charge >= 0.3 is 0 Å². The molecule has 114 valence electrons. The Hall–Kier alpha value is -2.41. The Bertz CT molecular complexity index is 647. The second kappa shape index (κ2) is 7.56. The number of carbonyl (C=O) groups excluding carboxylic acids is 1. The first-order chi connectivity index (χ1) is 10.6. The van der Waals surface area contributed by atoms with Crippen LogP contribution in [0.25, 0.3) is 0 Å². The number of nitrogens with zero attached hydrogens (tertiary/aromatic N) is 2. The summed E-state index contributed by atoms with van der Waals surface area (Å²) in [6, 6.07) is 9.76. The molecule has 0 aliphatic heterocycles. The van der Waals surface area contributed by atoms with Gasteiger partial charge < -0.3 is 5.32 Å². The molecule has 1 amide bonds. The van der Waals surface area contributed by atoms with Gasteiger partial charge in [0.15, 0.2) is 0 Å². The maximum atomic E-state index is 11.9. The van der Waals surface area contributed by atoms with Gasteiger partial charge in [-0.1, -0.05) is 0 Å². The van der Waals surface area contributed by atoms with Gasteiger partial charge in [0.1, 0.15) is 0 Å². The van der Waals surface area contributed by atoms with Crippen molar-refractivity contribution in [3.63, 3.8) is 0 Å². The molecule has 1 aromatic heterocycles. The Labute approximate surface area is 132 Å². The van der Waals surface area contributed by atoms with Gasteiger partial charge in [-0.2, -0.15) is 0 Å². The number of carbonyl (C=O) groups is 1. The molecule has 1 aromatic carbocycles. The molecule has 7 heteroatoms. The van der Waals surface area contributed by atoms with Crippen LogP contribution in [0.4, 0.5) is 5.69 Å². The number of non-ortho nitro benzene ring substituents is 1. The Kier molecular flexibility index (Phi) is 5.48. The number of benzene rings is 1. The summed E-state index contributed by atoms with van der Waals surface area (Å²) in [6.45, 7) is 1.91. The van der Waals surface area contributed by atoms with Crippen molar-refractivity contribution in [2.75, 3.05) is 5.75 Å². The van der Waals surface area contributed by atoms with E-state index in [1.807, 2.05) is 19.1 Å². The van der Waals surface area contributed by atoms with Crippen molar-refractivity contribution < 1.29 is 9.72 Å². The highest BCUT2D eigenvalue weighted by molar-refractivity contribution is 8.00. The lowest BCUT2D eigenvalue weighted by Gasteiger charge is -2.13. The summed E-state index contributed by atoms with van der Waals surface area (Å²) in [6.07, 6.45) is 3.37. The largest absolute Gasteiger partial charge is 0.349 e. The molecule has 0 aliphatic rings. The topological polar surface area (TPSA) is 85.1 Å². The first-order valence-corrected chi connectivity index (χ1v) is 7.61. The van der Waals surface area contributed by atoms with E-state index in [0.29, 0.717) is 0 Å². The van der Waals surface area contributed by atoms with E-state index in [4.69, 9.17) is 0 Å². The SMILES string of the molecule is CC(NC(=O)CSc1ccc([N+](=O)[O-])cc1)c1ccncc1. The monoisotopic (exact) mass is 317 g/mol. The van der Waals surface area contributed by atoms with Crippen LogP contribution in [0.15, 0.2) is 53.7 Å². The first-order valence-electron chi connectivity index (χ1n) is 6.63. The van der Waals surface area contributed by atoms with Gasteiger partial charge in [0.2, 0.25) is 5.91 Å². The molecule has 0 fully saturated rings.